The van der Waals surface area contributed by atoms with Gasteiger partial charge in [-0.3, -0.25) is 0 Å². The highest BCUT2D eigenvalue weighted by Crippen LogP contribution is 2.31. The lowest BCUT2D eigenvalue weighted by molar-refractivity contribution is 0.461. The van der Waals surface area contributed by atoms with Crippen molar-refractivity contribution < 1.29 is 0 Å². The van der Waals surface area contributed by atoms with Gasteiger partial charge >= 0.3 is 0 Å². The maximum Gasteiger partial charge on any atom is 0.0440 e. The Bertz CT molecular complexity index is 333. The topological polar surface area (TPSA) is 12.0 Å². The molecule has 0 radical (unpaired) electrons. The summed E-state index contributed by atoms with van der Waals surface area (Å²) in [5.41, 5.74) is 2.86. The molecule has 0 saturated carbocycles. The summed E-state index contributed by atoms with van der Waals surface area (Å²) < 4.78 is 0. The molecule has 1 N–H and O–H groups in total. The van der Waals surface area contributed by atoms with Crippen LogP contribution in [0.25, 0.3) is 0 Å². The molecule has 3 atom stereocenters. The van der Waals surface area contributed by atoms with Crippen molar-refractivity contribution in [1.82, 2.24) is 5.32 Å². The highest BCUT2D eigenvalue weighted by molar-refractivity contribution is 8.00. The van der Waals surface area contributed by atoms with Crippen molar-refractivity contribution in [3.8, 4) is 0 Å². The molecule has 1 nitrogen and oxygen atoms in total. The second-order valence-electron chi connectivity index (χ2n) is 4.68. The maximum atomic E-state index is 3.70. The van der Waals surface area contributed by atoms with Crippen LogP contribution >= 0.6 is 11.8 Å². The second kappa shape index (κ2) is 5.24. The minimum absolute atomic E-state index is 0.514. The minimum atomic E-state index is 0.514. The summed E-state index contributed by atoms with van der Waals surface area (Å²) in [6.45, 7) is 6.79. The Morgan fingerprint density at radius 3 is 2.56 bits per heavy atom. The summed E-state index contributed by atoms with van der Waals surface area (Å²) in [5, 5.41) is 4.37. The summed E-state index contributed by atoms with van der Waals surface area (Å²) in [7, 11) is 0. The van der Waals surface area contributed by atoms with Gasteiger partial charge in [0.15, 0.2) is 0 Å². The van der Waals surface area contributed by atoms with E-state index in [0.29, 0.717) is 17.3 Å². The highest BCUT2D eigenvalue weighted by atomic mass is 32.2. The van der Waals surface area contributed by atoms with Crippen LogP contribution in [-0.4, -0.2) is 17.0 Å². The average molecular weight is 235 g/mol. The maximum absolute atomic E-state index is 3.70. The number of nitrogens with one attached hydrogen (secondary N) is 1. The zero-order chi connectivity index (χ0) is 11.5. The van der Waals surface area contributed by atoms with E-state index in [1.54, 1.807) is 0 Å². The van der Waals surface area contributed by atoms with Crippen molar-refractivity contribution in [3.63, 3.8) is 0 Å². The molecule has 1 aliphatic rings. The summed E-state index contributed by atoms with van der Waals surface area (Å²) >= 11 is 2.08. The predicted molar refractivity (Wildman–Crippen MR) is 73.1 cm³/mol. The van der Waals surface area contributed by atoms with Crippen molar-refractivity contribution >= 4 is 11.8 Å². The molecular weight excluding hydrogens is 214 g/mol. The molecule has 2 rings (SSSR count). The van der Waals surface area contributed by atoms with Gasteiger partial charge < -0.3 is 5.32 Å². The van der Waals surface area contributed by atoms with Gasteiger partial charge in [-0.2, -0.15) is 11.8 Å². The molecule has 1 saturated heterocycles. The fourth-order valence-corrected chi connectivity index (χ4v) is 3.33. The average Bonchev–Trinajstić information content (AvgIpc) is 2.32. The Kier molecular flexibility index (Phi) is 3.93. The molecule has 3 unspecified atom stereocenters. The zero-order valence-corrected chi connectivity index (χ0v) is 11.2. The second-order valence-corrected chi connectivity index (χ2v) is 6.09. The number of rotatable bonds is 2. The molecule has 1 aliphatic heterocycles. The van der Waals surface area contributed by atoms with E-state index < -0.39 is 0 Å². The van der Waals surface area contributed by atoms with Crippen molar-refractivity contribution in [2.45, 2.75) is 44.5 Å². The van der Waals surface area contributed by atoms with Gasteiger partial charge in [0.25, 0.3) is 0 Å². The number of hydrogen-bond acceptors (Lipinski definition) is 2. The molecule has 1 fully saturated rings. The summed E-state index contributed by atoms with van der Waals surface area (Å²) in [4.78, 5) is 0. The molecular formula is C14H21NS. The molecule has 1 aromatic carbocycles. The van der Waals surface area contributed by atoms with Gasteiger partial charge in [-0.05, 0) is 24.5 Å². The van der Waals surface area contributed by atoms with Crippen molar-refractivity contribution in [2.24, 2.45) is 0 Å². The van der Waals surface area contributed by atoms with Gasteiger partial charge in [-0.1, -0.05) is 38.1 Å². The molecule has 1 aromatic rings. The Labute approximate surface area is 103 Å². The minimum Gasteiger partial charge on any atom is -0.306 e. The molecule has 16 heavy (non-hydrogen) atoms. The van der Waals surface area contributed by atoms with Crippen molar-refractivity contribution in [1.29, 1.82) is 0 Å². The number of benzene rings is 1. The summed E-state index contributed by atoms with van der Waals surface area (Å²) in [5.74, 6) is 1.23. The third-order valence-corrected chi connectivity index (χ3v) is 4.78. The van der Waals surface area contributed by atoms with Crippen molar-refractivity contribution in [2.75, 3.05) is 5.75 Å². The molecule has 0 aliphatic carbocycles. The first-order valence-corrected chi connectivity index (χ1v) is 7.22. The van der Waals surface area contributed by atoms with Gasteiger partial charge in [0.05, 0.1) is 0 Å². The van der Waals surface area contributed by atoms with E-state index in [2.05, 4.69) is 62.1 Å². The summed E-state index contributed by atoms with van der Waals surface area (Å²) in [6.07, 6.45) is 1.12. The van der Waals surface area contributed by atoms with Crippen LogP contribution in [0, 0.1) is 0 Å². The molecule has 0 aromatic heterocycles. The molecule has 0 bridgehead atoms. The van der Waals surface area contributed by atoms with E-state index in [1.165, 1.54) is 16.9 Å². The fraction of sp³-hybridized carbons (Fsp3) is 0.571. The van der Waals surface area contributed by atoms with Crippen LogP contribution < -0.4 is 5.32 Å². The van der Waals surface area contributed by atoms with Crippen LogP contribution in [0.1, 0.15) is 37.9 Å². The van der Waals surface area contributed by atoms with E-state index in [0.717, 1.165) is 6.42 Å². The van der Waals surface area contributed by atoms with E-state index in [9.17, 15) is 0 Å². The molecule has 88 valence electrons. The largest absolute Gasteiger partial charge is 0.306 e. The molecule has 0 spiro atoms. The van der Waals surface area contributed by atoms with E-state index >= 15 is 0 Å². The van der Waals surface area contributed by atoms with Gasteiger partial charge in [0.1, 0.15) is 0 Å². The third kappa shape index (κ3) is 2.61. The van der Waals surface area contributed by atoms with Gasteiger partial charge in [-0.25, -0.2) is 0 Å². The Morgan fingerprint density at radius 1 is 1.25 bits per heavy atom. The lowest BCUT2D eigenvalue weighted by Crippen LogP contribution is -2.41. The van der Waals surface area contributed by atoms with Crippen LogP contribution in [0.4, 0.5) is 0 Å². The van der Waals surface area contributed by atoms with E-state index in [4.69, 9.17) is 0 Å². The lowest BCUT2D eigenvalue weighted by Gasteiger charge is -2.34. The van der Waals surface area contributed by atoms with Crippen molar-refractivity contribution in [3.05, 3.63) is 35.4 Å². The molecule has 2 heteroatoms. The summed E-state index contributed by atoms with van der Waals surface area (Å²) in [6, 6.07) is 10.2. The Balaban J connectivity index is 2.15. The smallest absolute Gasteiger partial charge is 0.0440 e. The quantitative estimate of drug-likeness (QED) is 0.843. The van der Waals surface area contributed by atoms with Crippen LogP contribution in [0.5, 0.6) is 0 Å². The fourth-order valence-electron chi connectivity index (χ4n) is 2.21. The highest BCUT2D eigenvalue weighted by Gasteiger charge is 2.26. The number of thioether (sulfide) groups is 1. The molecule has 1 heterocycles. The van der Waals surface area contributed by atoms with E-state index in [-0.39, 0.29) is 0 Å². The normalized spacial score (nSPS) is 30.3. The monoisotopic (exact) mass is 235 g/mol. The first-order valence-electron chi connectivity index (χ1n) is 6.17. The van der Waals surface area contributed by atoms with Gasteiger partial charge in [-0.15, -0.1) is 0 Å². The van der Waals surface area contributed by atoms with Gasteiger partial charge in [0, 0.05) is 23.1 Å². The van der Waals surface area contributed by atoms with Crippen LogP contribution in [-0.2, 0) is 6.42 Å². The number of hydrogen-bond donors (Lipinski definition) is 1. The lowest BCUT2D eigenvalue weighted by atomic mass is 10.0. The first-order chi connectivity index (χ1) is 7.70. The Morgan fingerprint density at radius 2 is 1.94 bits per heavy atom. The van der Waals surface area contributed by atoms with Crippen LogP contribution in [0.15, 0.2) is 24.3 Å². The molecule has 0 amide bonds. The standard InChI is InChI=1S/C14H21NS/c1-4-12-5-7-13(8-6-12)14-11(3)16-9-10(2)15-14/h5-8,10-11,14-15H,4,9H2,1-3H3. The first kappa shape index (κ1) is 12.0. The predicted octanol–water partition coefficient (Wildman–Crippen LogP) is 3.40. The zero-order valence-electron chi connectivity index (χ0n) is 10.4. The SMILES string of the molecule is CCc1ccc(C2NC(C)CSC2C)cc1. The Hall–Kier alpha value is -0.470. The van der Waals surface area contributed by atoms with Gasteiger partial charge in [0.2, 0.25) is 0 Å². The number of aryl methyl sites for hydroxylation is 1. The van der Waals surface area contributed by atoms with Crippen LogP contribution in [0.2, 0.25) is 0 Å². The third-order valence-electron chi connectivity index (χ3n) is 3.29. The van der Waals surface area contributed by atoms with E-state index in [1.807, 2.05) is 0 Å². The van der Waals surface area contributed by atoms with Crippen LogP contribution in [0.3, 0.4) is 0 Å².